The number of halogens is 3. The van der Waals surface area contributed by atoms with Crippen LogP contribution in [0.3, 0.4) is 0 Å². The van der Waals surface area contributed by atoms with Crippen LogP contribution in [-0.4, -0.2) is 9.36 Å². The van der Waals surface area contributed by atoms with E-state index >= 15 is 0 Å². The largest absolute Gasteiger partial charge is 0.452 e. The zero-order chi connectivity index (χ0) is 13.3. The van der Waals surface area contributed by atoms with E-state index in [9.17, 15) is 13.2 Å². The number of nitrogen functional groups attached to an aromatic ring is 1. The normalized spacial score (nSPS) is 11.6. The fourth-order valence-electron chi connectivity index (χ4n) is 1.20. The van der Waals surface area contributed by atoms with Crippen LogP contribution in [0.2, 0.25) is 0 Å². The SMILES string of the molecule is Cc1c(N)cccc1Oc1nc(C(F)(F)F)ns1. The second-order valence-corrected chi connectivity index (χ2v) is 4.17. The molecule has 18 heavy (non-hydrogen) atoms. The Morgan fingerprint density at radius 1 is 1.33 bits per heavy atom. The molecule has 8 heteroatoms. The molecule has 0 fully saturated rings. The molecule has 0 unspecified atom stereocenters. The van der Waals surface area contributed by atoms with E-state index in [0.29, 0.717) is 28.5 Å². The monoisotopic (exact) mass is 275 g/mol. The molecule has 0 aliphatic rings. The van der Waals surface area contributed by atoms with Crippen molar-refractivity contribution in [2.75, 3.05) is 5.73 Å². The quantitative estimate of drug-likeness (QED) is 0.855. The van der Waals surface area contributed by atoms with Crippen molar-refractivity contribution >= 4 is 17.2 Å². The van der Waals surface area contributed by atoms with Gasteiger partial charge >= 0.3 is 6.18 Å². The first kappa shape index (κ1) is 12.6. The van der Waals surface area contributed by atoms with Gasteiger partial charge in [0.05, 0.1) is 0 Å². The maximum atomic E-state index is 12.3. The molecular weight excluding hydrogens is 267 g/mol. The number of hydrogen-bond acceptors (Lipinski definition) is 5. The van der Waals surface area contributed by atoms with Crippen molar-refractivity contribution in [3.8, 4) is 10.9 Å². The molecule has 2 N–H and O–H groups in total. The van der Waals surface area contributed by atoms with Gasteiger partial charge in [0.2, 0.25) is 0 Å². The average molecular weight is 275 g/mol. The van der Waals surface area contributed by atoms with Crippen molar-refractivity contribution in [3.05, 3.63) is 29.6 Å². The number of benzene rings is 1. The van der Waals surface area contributed by atoms with Crippen LogP contribution in [-0.2, 0) is 6.18 Å². The van der Waals surface area contributed by atoms with Crippen LogP contribution in [0.15, 0.2) is 18.2 Å². The standard InChI is InChI=1S/C10H8F3N3OS/c1-5-6(14)3-2-4-7(5)17-9-15-8(16-18-9)10(11,12)13/h2-4H,14H2,1H3. The molecule has 96 valence electrons. The third-order valence-corrected chi connectivity index (χ3v) is 2.78. The van der Waals surface area contributed by atoms with E-state index in [2.05, 4.69) is 9.36 Å². The molecule has 0 saturated carbocycles. The molecule has 1 aromatic heterocycles. The number of rotatable bonds is 2. The Morgan fingerprint density at radius 2 is 2.06 bits per heavy atom. The maximum absolute atomic E-state index is 12.3. The van der Waals surface area contributed by atoms with E-state index < -0.39 is 12.0 Å². The maximum Gasteiger partial charge on any atom is 0.452 e. The molecular formula is C10H8F3N3OS. The minimum atomic E-state index is -4.57. The molecule has 1 aromatic carbocycles. The fourth-order valence-corrected chi connectivity index (χ4v) is 1.77. The third-order valence-electron chi connectivity index (χ3n) is 2.18. The van der Waals surface area contributed by atoms with Crippen molar-refractivity contribution in [3.63, 3.8) is 0 Å². The molecule has 0 saturated heterocycles. The minimum Gasteiger partial charge on any atom is -0.429 e. The summed E-state index contributed by atoms with van der Waals surface area (Å²) in [5, 5.41) is -0.170. The van der Waals surface area contributed by atoms with Gasteiger partial charge in [-0.3, -0.25) is 0 Å². The van der Waals surface area contributed by atoms with Crippen molar-refractivity contribution in [1.82, 2.24) is 9.36 Å². The Morgan fingerprint density at radius 3 is 2.67 bits per heavy atom. The number of nitrogens with two attached hydrogens (primary N) is 1. The molecule has 0 radical (unpaired) electrons. The Balaban J connectivity index is 2.24. The zero-order valence-corrected chi connectivity index (χ0v) is 9.97. The van der Waals surface area contributed by atoms with Crippen molar-refractivity contribution < 1.29 is 17.9 Å². The van der Waals surface area contributed by atoms with Crippen LogP contribution in [0.5, 0.6) is 10.9 Å². The highest BCUT2D eigenvalue weighted by Gasteiger charge is 2.36. The summed E-state index contributed by atoms with van der Waals surface area (Å²) in [6, 6.07) is 4.91. The zero-order valence-electron chi connectivity index (χ0n) is 9.15. The number of anilines is 1. The van der Waals surface area contributed by atoms with Gasteiger partial charge in [0.25, 0.3) is 11.0 Å². The Kier molecular flexibility index (Phi) is 3.12. The third kappa shape index (κ3) is 2.53. The highest BCUT2D eigenvalue weighted by atomic mass is 32.1. The smallest absolute Gasteiger partial charge is 0.429 e. The van der Waals surface area contributed by atoms with Gasteiger partial charge < -0.3 is 10.5 Å². The summed E-state index contributed by atoms with van der Waals surface area (Å²) < 4.78 is 45.3. The van der Waals surface area contributed by atoms with Gasteiger partial charge in [-0.1, -0.05) is 6.07 Å². The number of alkyl halides is 3. The van der Waals surface area contributed by atoms with E-state index in [-0.39, 0.29) is 5.19 Å². The summed E-state index contributed by atoms with van der Waals surface area (Å²) in [7, 11) is 0. The van der Waals surface area contributed by atoms with Crippen LogP contribution < -0.4 is 10.5 Å². The van der Waals surface area contributed by atoms with Crippen LogP contribution >= 0.6 is 11.5 Å². The van der Waals surface area contributed by atoms with Crippen LogP contribution in [0.1, 0.15) is 11.4 Å². The van der Waals surface area contributed by atoms with E-state index in [1.165, 1.54) is 0 Å². The molecule has 1 heterocycles. The Labute approximate surface area is 104 Å². The van der Waals surface area contributed by atoms with Gasteiger partial charge in [-0.25, -0.2) is 0 Å². The van der Waals surface area contributed by atoms with E-state index in [1.807, 2.05) is 0 Å². The summed E-state index contributed by atoms with van der Waals surface area (Å²) >= 11 is 0.542. The van der Waals surface area contributed by atoms with Crippen LogP contribution in [0.4, 0.5) is 18.9 Å². The number of aromatic nitrogens is 2. The van der Waals surface area contributed by atoms with Gasteiger partial charge in [-0.05, 0) is 19.1 Å². The molecule has 0 aliphatic carbocycles. The van der Waals surface area contributed by atoms with Crippen molar-refractivity contribution in [1.29, 1.82) is 0 Å². The molecule has 0 atom stereocenters. The lowest BCUT2D eigenvalue weighted by molar-refractivity contribution is -0.144. The first-order chi connectivity index (χ1) is 8.38. The van der Waals surface area contributed by atoms with E-state index in [0.717, 1.165) is 0 Å². The molecule has 0 amide bonds. The number of nitrogens with zero attached hydrogens (tertiary/aromatic N) is 2. The Hall–Kier alpha value is -1.83. The predicted molar refractivity (Wildman–Crippen MR) is 60.6 cm³/mol. The van der Waals surface area contributed by atoms with Crippen molar-refractivity contribution in [2.45, 2.75) is 13.1 Å². The summed E-state index contributed by atoms with van der Waals surface area (Å²) in [5.74, 6) is -0.844. The van der Waals surface area contributed by atoms with Crippen LogP contribution in [0, 0.1) is 6.92 Å². The summed E-state index contributed by atoms with van der Waals surface area (Å²) in [5.41, 5.74) is 6.79. The van der Waals surface area contributed by atoms with Crippen molar-refractivity contribution in [2.24, 2.45) is 0 Å². The molecule has 0 spiro atoms. The van der Waals surface area contributed by atoms with Crippen LogP contribution in [0.25, 0.3) is 0 Å². The summed E-state index contributed by atoms with van der Waals surface area (Å²) in [4.78, 5) is 3.27. The predicted octanol–water partition coefficient (Wildman–Crippen LogP) is 3.24. The van der Waals surface area contributed by atoms with Gasteiger partial charge in [-0.2, -0.15) is 22.5 Å². The lowest BCUT2D eigenvalue weighted by atomic mass is 10.2. The molecule has 0 aliphatic heterocycles. The summed E-state index contributed by atoms with van der Waals surface area (Å²) in [6.07, 6.45) is -4.57. The molecule has 0 bridgehead atoms. The second-order valence-electron chi connectivity index (χ2n) is 3.45. The fraction of sp³-hybridized carbons (Fsp3) is 0.200. The average Bonchev–Trinajstić information content (AvgIpc) is 2.73. The van der Waals surface area contributed by atoms with E-state index in [4.69, 9.17) is 10.5 Å². The first-order valence-electron chi connectivity index (χ1n) is 4.82. The second kappa shape index (κ2) is 4.45. The molecule has 4 nitrogen and oxygen atoms in total. The first-order valence-corrected chi connectivity index (χ1v) is 5.59. The lowest BCUT2D eigenvalue weighted by Gasteiger charge is -2.06. The highest BCUT2D eigenvalue weighted by Crippen LogP contribution is 2.33. The van der Waals surface area contributed by atoms with Gasteiger partial charge in [0, 0.05) is 22.8 Å². The van der Waals surface area contributed by atoms with Gasteiger partial charge in [-0.15, -0.1) is 0 Å². The molecule has 2 rings (SSSR count). The highest BCUT2D eigenvalue weighted by molar-refractivity contribution is 7.07. The van der Waals surface area contributed by atoms with E-state index in [1.54, 1.807) is 25.1 Å². The van der Waals surface area contributed by atoms with Gasteiger partial charge in [0.1, 0.15) is 5.75 Å². The Bertz CT molecular complexity index is 568. The summed E-state index contributed by atoms with van der Waals surface area (Å²) in [6.45, 7) is 1.70. The topological polar surface area (TPSA) is 61.0 Å². The van der Waals surface area contributed by atoms with Gasteiger partial charge in [0.15, 0.2) is 0 Å². The number of hydrogen-bond donors (Lipinski definition) is 1. The molecule has 2 aromatic rings. The minimum absolute atomic E-state index is 0.170. The lowest BCUT2D eigenvalue weighted by Crippen LogP contribution is -2.06. The number of ether oxygens (including phenoxy) is 1.